The molecule has 0 aliphatic carbocycles. The van der Waals surface area contributed by atoms with Crippen molar-refractivity contribution in [3.8, 4) is 0 Å². The van der Waals surface area contributed by atoms with Crippen LogP contribution in [0.1, 0.15) is 17.5 Å². The van der Waals surface area contributed by atoms with Gasteiger partial charge in [-0.3, -0.25) is 14.9 Å². The largest absolute Gasteiger partial charge is 0.361 e. The highest BCUT2D eigenvalue weighted by atomic mass is 16.6. The minimum Gasteiger partial charge on any atom is -0.361 e. The van der Waals surface area contributed by atoms with Crippen LogP contribution in [0.5, 0.6) is 0 Å². The topological polar surface area (TPSA) is 100 Å². The second-order valence-corrected chi connectivity index (χ2v) is 5.50. The molecule has 0 unspecified atom stereocenters. The number of amides is 1. The van der Waals surface area contributed by atoms with Gasteiger partial charge in [0.15, 0.2) is 0 Å². The van der Waals surface area contributed by atoms with Gasteiger partial charge in [0.1, 0.15) is 0 Å². The summed E-state index contributed by atoms with van der Waals surface area (Å²) in [6.45, 7) is 0. The van der Waals surface area contributed by atoms with Crippen molar-refractivity contribution >= 4 is 28.7 Å². The maximum absolute atomic E-state index is 11.9. The Bertz CT molecular complexity index is 946. The number of fused-ring (bicyclic) bond motifs is 1. The summed E-state index contributed by atoms with van der Waals surface area (Å²) in [7, 11) is 0. The van der Waals surface area contributed by atoms with E-state index in [4.69, 9.17) is 0 Å². The minimum atomic E-state index is -0.475. The van der Waals surface area contributed by atoms with Crippen LogP contribution in [0.2, 0.25) is 0 Å². The molecule has 2 aromatic carbocycles. The average molecular weight is 336 g/mol. The monoisotopic (exact) mass is 336 g/mol. The zero-order valence-electron chi connectivity index (χ0n) is 13.3. The molecule has 0 radical (unpaired) electrons. The number of aryl methyl sites for hydroxylation is 1. The molecule has 25 heavy (non-hydrogen) atoms. The van der Waals surface area contributed by atoms with Crippen molar-refractivity contribution in [1.82, 2.24) is 10.4 Å². The predicted octanol–water partition coefficient (Wildman–Crippen LogP) is 3.16. The Morgan fingerprint density at radius 1 is 1.24 bits per heavy atom. The van der Waals surface area contributed by atoms with Gasteiger partial charge < -0.3 is 4.98 Å². The Morgan fingerprint density at radius 3 is 2.92 bits per heavy atom. The number of aromatic amines is 1. The molecule has 0 aliphatic heterocycles. The van der Waals surface area contributed by atoms with Gasteiger partial charge in [-0.15, -0.1) is 0 Å². The number of nitro benzene ring substituents is 1. The van der Waals surface area contributed by atoms with Gasteiger partial charge in [-0.2, -0.15) is 5.10 Å². The van der Waals surface area contributed by atoms with E-state index in [1.54, 1.807) is 12.1 Å². The Labute approximate surface area is 143 Å². The molecule has 1 heterocycles. The minimum absolute atomic E-state index is 0.0189. The molecule has 3 aromatic rings. The van der Waals surface area contributed by atoms with Gasteiger partial charge in [0.25, 0.3) is 5.69 Å². The first-order chi connectivity index (χ1) is 12.1. The fraction of sp³-hybridized carbons (Fsp3) is 0.111. The average Bonchev–Trinajstić information content (AvgIpc) is 3.03. The van der Waals surface area contributed by atoms with Crippen LogP contribution in [0.15, 0.2) is 59.8 Å². The number of H-pyrrole nitrogens is 1. The van der Waals surface area contributed by atoms with Crippen molar-refractivity contribution in [3.63, 3.8) is 0 Å². The zero-order valence-corrected chi connectivity index (χ0v) is 13.3. The van der Waals surface area contributed by atoms with Crippen molar-refractivity contribution in [2.75, 3.05) is 0 Å². The lowest BCUT2D eigenvalue weighted by Gasteiger charge is -2.00. The van der Waals surface area contributed by atoms with E-state index in [2.05, 4.69) is 15.5 Å². The first-order valence-corrected chi connectivity index (χ1v) is 7.75. The fourth-order valence-corrected chi connectivity index (χ4v) is 2.54. The molecule has 3 rings (SSSR count). The van der Waals surface area contributed by atoms with Crippen LogP contribution in [0.25, 0.3) is 10.9 Å². The number of carbonyl (C=O) groups is 1. The summed E-state index contributed by atoms with van der Waals surface area (Å²) in [6.07, 6.45) is 4.19. The molecular formula is C18H16N4O3. The van der Waals surface area contributed by atoms with Gasteiger partial charge in [0.2, 0.25) is 5.91 Å². The fourth-order valence-electron chi connectivity index (χ4n) is 2.54. The number of nitrogens with zero attached hydrogens (tertiary/aromatic N) is 2. The summed E-state index contributed by atoms with van der Waals surface area (Å²) in [5, 5.41) is 15.7. The molecule has 0 atom stereocenters. The van der Waals surface area contributed by atoms with Crippen LogP contribution in [0.3, 0.4) is 0 Å². The van der Waals surface area contributed by atoms with E-state index in [0.29, 0.717) is 18.4 Å². The number of benzene rings is 2. The van der Waals surface area contributed by atoms with E-state index in [-0.39, 0.29) is 11.6 Å². The van der Waals surface area contributed by atoms with Gasteiger partial charge in [0, 0.05) is 41.2 Å². The maximum atomic E-state index is 11.9. The SMILES string of the molecule is O=C(CCc1c[nH]c2ccccc12)N/N=C/c1cccc([N+](=O)[O-])c1. The smallest absolute Gasteiger partial charge is 0.270 e. The summed E-state index contributed by atoms with van der Waals surface area (Å²) in [5.74, 6) is -0.216. The standard InChI is InChI=1S/C18H16N4O3/c23-18(9-8-14-12-19-17-7-2-1-6-16(14)17)21-20-11-13-4-3-5-15(10-13)22(24)25/h1-7,10-12,19H,8-9H2,(H,21,23)/b20-11+. The number of hydrazone groups is 1. The van der Waals surface area contributed by atoms with E-state index in [1.807, 2.05) is 30.5 Å². The molecule has 126 valence electrons. The summed E-state index contributed by atoms with van der Waals surface area (Å²) in [6, 6.07) is 14.0. The molecule has 1 aromatic heterocycles. The van der Waals surface area contributed by atoms with Crippen LogP contribution >= 0.6 is 0 Å². The molecule has 0 fully saturated rings. The van der Waals surface area contributed by atoms with Gasteiger partial charge in [0.05, 0.1) is 11.1 Å². The normalized spacial score (nSPS) is 11.0. The Hall–Kier alpha value is -3.48. The lowest BCUT2D eigenvalue weighted by atomic mass is 10.1. The van der Waals surface area contributed by atoms with Gasteiger partial charge in [-0.05, 0) is 18.1 Å². The van der Waals surface area contributed by atoms with Crippen molar-refractivity contribution < 1.29 is 9.72 Å². The summed E-state index contributed by atoms with van der Waals surface area (Å²) in [5.41, 5.74) is 5.09. The summed E-state index contributed by atoms with van der Waals surface area (Å²) < 4.78 is 0. The van der Waals surface area contributed by atoms with Crippen LogP contribution in [0, 0.1) is 10.1 Å². The lowest BCUT2D eigenvalue weighted by Crippen LogP contribution is -2.17. The van der Waals surface area contributed by atoms with Crippen LogP contribution in [-0.2, 0) is 11.2 Å². The van der Waals surface area contributed by atoms with Gasteiger partial charge >= 0.3 is 0 Å². The molecule has 1 amide bonds. The number of nitrogens with one attached hydrogen (secondary N) is 2. The van der Waals surface area contributed by atoms with E-state index < -0.39 is 4.92 Å². The number of non-ortho nitro benzene ring substituents is 1. The first-order valence-electron chi connectivity index (χ1n) is 7.75. The van der Waals surface area contributed by atoms with Crippen LogP contribution in [-0.4, -0.2) is 22.0 Å². The number of carbonyl (C=O) groups excluding carboxylic acids is 1. The third-order valence-corrected chi connectivity index (χ3v) is 3.78. The highest BCUT2D eigenvalue weighted by Gasteiger charge is 2.06. The Morgan fingerprint density at radius 2 is 2.08 bits per heavy atom. The van der Waals surface area contributed by atoms with E-state index in [9.17, 15) is 14.9 Å². The number of hydrogen-bond acceptors (Lipinski definition) is 4. The molecule has 0 aliphatic rings. The quantitative estimate of drug-likeness (QED) is 0.411. The number of aromatic nitrogens is 1. The van der Waals surface area contributed by atoms with Crippen molar-refractivity contribution in [3.05, 3.63) is 76.0 Å². The third kappa shape index (κ3) is 4.08. The maximum Gasteiger partial charge on any atom is 0.270 e. The molecule has 2 N–H and O–H groups in total. The first kappa shape index (κ1) is 16.4. The van der Waals surface area contributed by atoms with Gasteiger partial charge in [-0.1, -0.05) is 30.3 Å². The molecule has 0 saturated carbocycles. The highest BCUT2D eigenvalue weighted by Crippen LogP contribution is 2.18. The second-order valence-electron chi connectivity index (χ2n) is 5.50. The molecule has 7 nitrogen and oxygen atoms in total. The Kier molecular flexibility index (Phi) is 4.84. The third-order valence-electron chi connectivity index (χ3n) is 3.78. The highest BCUT2D eigenvalue weighted by molar-refractivity contribution is 5.85. The second kappa shape index (κ2) is 7.39. The summed E-state index contributed by atoms with van der Waals surface area (Å²) in [4.78, 5) is 25.3. The molecule has 0 spiro atoms. The number of nitro groups is 1. The van der Waals surface area contributed by atoms with E-state index >= 15 is 0 Å². The Balaban J connectivity index is 1.54. The lowest BCUT2D eigenvalue weighted by molar-refractivity contribution is -0.384. The molecule has 0 bridgehead atoms. The van der Waals surface area contributed by atoms with Gasteiger partial charge in [-0.25, -0.2) is 5.43 Å². The number of para-hydroxylation sites is 1. The molecule has 7 heteroatoms. The summed E-state index contributed by atoms with van der Waals surface area (Å²) >= 11 is 0. The number of hydrogen-bond donors (Lipinski definition) is 2. The van der Waals surface area contributed by atoms with Crippen molar-refractivity contribution in [2.24, 2.45) is 5.10 Å². The zero-order chi connectivity index (χ0) is 17.6. The number of rotatable bonds is 6. The predicted molar refractivity (Wildman–Crippen MR) is 95.5 cm³/mol. The van der Waals surface area contributed by atoms with Crippen LogP contribution in [0.4, 0.5) is 5.69 Å². The van der Waals surface area contributed by atoms with E-state index in [1.165, 1.54) is 18.3 Å². The molecular weight excluding hydrogens is 320 g/mol. The van der Waals surface area contributed by atoms with Crippen molar-refractivity contribution in [2.45, 2.75) is 12.8 Å². The molecule has 0 saturated heterocycles. The van der Waals surface area contributed by atoms with Crippen molar-refractivity contribution in [1.29, 1.82) is 0 Å². The van der Waals surface area contributed by atoms with E-state index in [0.717, 1.165) is 16.5 Å². The van der Waals surface area contributed by atoms with Crippen LogP contribution < -0.4 is 5.43 Å².